The van der Waals surface area contributed by atoms with Crippen molar-refractivity contribution in [3.63, 3.8) is 0 Å². The van der Waals surface area contributed by atoms with E-state index < -0.39 is 0 Å². The Labute approximate surface area is 151 Å². The molecule has 5 heteroatoms. The second-order valence-electron chi connectivity index (χ2n) is 5.28. The van der Waals surface area contributed by atoms with Gasteiger partial charge in [-0.1, -0.05) is 48.5 Å². The molecular weight excluding hydrogens is 341 g/mol. The van der Waals surface area contributed by atoms with Crippen LogP contribution in [0, 0.1) is 5.82 Å². The molecule has 0 spiro atoms. The van der Waals surface area contributed by atoms with E-state index in [9.17, 15) is 9.18 Å². The van der Waals surface area contributed by atoms with Crippen molar-refractivity contribution in [3.8, 4) is 0 Å². The van der Waals surface area contributed by atoms with Crippen LogP contribution in [0.25, 0.3) is 0 Å². The highest BCUT2D eigenvalue weighted by molar-refractivity contribution is 7.98. The smallest absolute Gasteiger partial charge is 0.220 e. The van der Waals surface area contributed by atoms with Gasteiger partial charge in [-0.3, -0.25) is 4.79 Å². The predicted octanol–water partition coefficient (Wildman–Crippen LogP) is 4.50. The molecule has 2 aromatic carbocycles. The van der Waals surface area contributed by atoms with Crippen molar-refractivity contribution >= 4 is 29.4 Å². The van der Waals surface area contributed by atoms with E-state index in [4.69, 9.17) is 0 Å². The van der Waals surface area contributed by atoms with E-state index in [1.165, 1.54) is 11.6 Å². The van der Waals surface area contributed by atoms with Crippen LogP contribution < -0.4 is 5.32 Å². The Kier molecular flexibility index (Phi) is 8.77. The fourth-order valence-electron chi connectivity index (χ4n) is 2.08. The molecule has 0 heterocycles. The van der Waals surface area contributed by atoms with Crippen LogP contribution >= 0.6 is 23.5 Å². The van der Waals surface area contributed by atoms with Gasteiger partial charge in [0.15, 0.2) is 0 Å². The van der Waals surface area contributed by atoms with E-state index in [0.29, 0.717) is 24.3 Å². The van der Waals surface area contributed by atoms with Gasteiger partial charge in [-0.05, 0) is 17.2 Å². The Morgan fingerprint density at radius 2 is 1.62 bits per heavy atom. The summed E-state index contributed by atoms with van der Waals surface area (Å²) in [4.78, 5) is 11.7. The van der Waals surface area contributed by atoms with Crippen molar-refractivity contribution in [1.29, 1.82) is 0 Å². The maximum absolute atomic E-state index is 13.4. The molecule has 0 saturated carbocycles. The van der Waals surface area contributed by atoms with Gasteiger partial charge in [0.1, 0.15) is 5.82 Å². The Hall–Kier alpha value is -1.46. The van der Waals surface area contributed by atoms with E-state index in [0.717, 1.165) is 17.3 Å². The summed E-state index contributed by atoms with van der Waals surface area (Å²) in [5.74, 6) is 3.11. The zero-order chi connectivity index (χ0) is 17.0. The van der Waals surface area contributed by atoms with Gasteiger partial charge in [-0.2, -0.15) is 23.5 Å². The zero-order valence-electron chi connectivity index (χ0n) is 13.5. The number of hydrogen-bond donors (Lipinski definition) is 1. The summed E-state index contributed by atoms with van der Waals surface area (Å²) >= 11 is 3.40. The first-order chi connectivity index (χ1) is 11.8. The van der Waals surface area contributed by atoms with Crippen LogP contribution in [0.3, 0.4) is 0 Å². The van der Waals surface area contributed by atoms with Crippen molar-refractivity contribution in [1.82, 2.24) is 5.32 Å². The van der Waals surface area contributed by atoms with Crippen LogP contribution in [0.5, 0.6) is 0 Å². The molecule has 0 saturated heterocycles. The number of hydrogen-bond acceptors (Lipinski definition) is 3. The first-order valence-corrected chi connectivity index (χ1v) is 10.3. The zero-order valence-corrected chi connectivity index (χ0v) is 15.2. The molecular formula is C19H22FNOS2. The number of halogens is 1. The van der Waals surface area contributed by atoms with E-state index in [-0.39, 0.29) is 11.7 Å². The van der Waals surface area contributed by atoms with Gasteiger partial charge in [0, 0.05) is 36.0 Å². The van der Waals surface area contributed by atoms with Gasteiger partial charge >= 0.3 is 0 Å². The molecule has 0 aliphatic rings. The summed E-state index contributed by atoms with van der Waals surface area (Å²) in [7, 11) is 0. The molecule has 0 atom stereocenters. The molecule has 0 fully saturated rings. The molecule has 1 amide bonds. The third-order valence-corrected chi connectivity index (χ3v) is 5.41. The lowest BCUT2D eigenvalue weighted by Crippen LogP contribution is -2.26. The van der Waals surface area contributed by atoms with Crippen LogP contribution in [0.4, 0.5) is 4.39 Å². The summed E-state index contributed by atoms with van der Waals surface area (Å²) < 4.78 is 13.4. The standard InChI is InChI=1S/C19H22FNOS2/c20-18-9-5-4-8-17(18)15-24-13-11-21-19(22)10-12-23-14-16-6-2-1-3-7-16/h1-9H,10-15H2,(H,21,22). The summed E-state index contributed by atoms with van der Waals surface area (Å²) in [5.41, 5.74) is 2.00. The average molecular weight is 364 g/mol. The quantitative estimate of drug-likeness (QED) is 0.630. The fourth-order valence-corrected chi connectivity index (χ4v) is 3.82. The first kappa shape index (κ1) is 18.9. The first-order valence-electron chi connectivity index (χ1n) is 7.95. The van der Waals surface area contributed by atoms with Gasteiger partial charge < -0.3 is 5.32 Å². The molecule has 24 heavy (non-hydrogen) atoms. The molecule has 0 aromatic heterocycles. The number of rotatable bonds is 10. The molecule has 2 nitrogen and oxygen atoms in total. The minimum Gasteiger partial charge on any atom is -0.355 e. The van der Waals surface area contributed by atoms with Crippen LogP contribution in [0.15, 0.2) is 54.6 Å². The Balaban J connectivity index is 1.48. The van der Waals surface area contributed by atoms with Gasteiger partial charge in [0.05, 0.1) is 0 Å². The second-order valence-corrected chi connectivity index (χ2v) is 7.49. The average Bonchev–Trinajstić information content (AvgIpc) is 2.61. The minimum atomic E-state index is -0.163. The van der Waals surface area contributed by atoms with Crippen LogP contribution in [0.2, 0.25) is 0 Å². The van der Waals surface area contributed by atoms with Crippen molar-refractivity contribution in [2.45, 2.75) is 17.9 Å². The molecule has 0 aliphatic heterocycles. The Morgan fingerprint density at radius 1 is 0.917 bits per heavy atom. The number of amides is 1. The molecule has 2 aromatic rings. The molecule has 1 N–H and O–H groups in total. The monoisotopic (exact) mass is 363 g/mol. The third kappa shape index (κ3) is 7.41. The lowest BCUT2D eigenvalue weighted by Gasteiger charge is -2.06. The lowest BCUT2D eigenvalue weighted by molar-refractivity contribution is -0.120. The Morgan fingerprint density at radius 3 is 2.42 bits per heavy atom. The second kappa shape index (κ2) is 11.2. The summed E-state index contributed by atoms with van der Waals surface area (Å²) in [6, 6.07) is 17.1. The van der Waals surface area contributed by atoms with Crippen LogP contribution in [-0.2, 0) is 16.3 Å². The van der Waals surface area contributed by atoms with Crippen molar-refractivity contribution < 1.29 is 9.18 Å². The van der Waals surface area contributed by atoms with Crippen molar-refractivity contribution in [2.75, 3.05) is 18.1 Å². The predicted molar refractivity (Wildman–Crippen MR) is 103 cm³/mol. The highest BCUT2D eigenvalue weighted by Gasteiger charge is 2.03. The van der Waals surface area contributed by atoms with Gasteiger partial charge in [0.25, 0.3) is 0 Å². The number of thioether (sulfide) groups is 2. The van der Waals surface area contributed by atoms with Gasteiger partial charge in [0.2, 0.25) is 5.91 Å². The highest BCUT2D eigenvalue weighted by atomic mass is 32.2. The number of carbonyl (C=O) groups excluding carboxylic acids is 1. The maximum atomic E-state index is 13.4. The third-order valence-electron chi connectivity index (χ3n) is 3.37. The van der Waals surface area contributed by atoms with E-state index >= 15 is 0 Å². The molecule has 128 valence electrons. The lowest BCUT2D eigenvalue weighted by atomic mass is 10.2. The number of benzene rings is 2. The maximum Gasteiger partial charge on any atom is 0.220 e. The molecule has 0 aliphatic carbocycles. The van der Waals surface area contributed by atoms with Gasteiger partial charge in [-0.15, -0.1) is 0 Å². The van der Waals surface area contributed by atoms with Gasteiger partial charge in [-0.25, -0.2) is 4.39 Å². The normalized spacial score (nSPS) is 10.5. The van der Waals surface area contributed by atoms with E-state index in [1.54, 1.807) is 35.7 Å². The molecule has 0 bridgehead atoms. The van der Waals surface area contributed by atoms with E-state index in [2.05, 4.69) is 17.4 Å². The largest absolute Gasteiger partial charge is 0.355 e. The van der Waals surface area contributed by atoms with Crippen LogP contribution in [0.1, 0.15) is 17.5 Å². The molecule has 0 radical (unpaired) electrons. The summed E-state index contributed by atoms with van der Waals surface area (Å²) in [6.45, 7) is 0.626. The number of carbonyl (C=O) groups is 1. The van der Waals surface area contributed by atoms with E-state index in [1.807, 2.05) is 24.3 Å². The Bertz CT molecular complexity index is 622. The molecule has 0 unspecified atom stereocenters. The van der Waals surface area contributed by atoms with Crippen molar-refractivity contribution in [3.05, 3.63) is 71.5 Å². The van der Waals surface area contributed by atoms with Crippen molar-refractivity contribution in [2.24, 2.45) is 0 Å². The SMILES string of the molecule is O=C(CCSCc1ccccc1)NCCSCc1ccccc1F. The summed E-state index contributed by atoms with van der Waals surface area (Å²) in [5, 5.41) is 2.92. The highest BCUT2D eigenvalue weighted by Crippen LogP contribution is 2.15. The number of nitrogens with one attached hydrogen (secondary N) is 1. The summed E-state index contributed by atoms with van der Waals surface area (Å²) in [6.07, 6.45) is 0.537. The topological polar surface area (TPSA) is 29.1 Å². The molecule has 2 rings (SSSR count). The van der Waals surface area contributed by atoms with Crippen LogP contribution in [-0.4, -0.2) is 24.0 Å². The minimum absolute atomic E-state index is 0.0852. The fraction of sp³-hybridized carbons (Fsp3) is 0.316.